The van der Waals surface area contributed by atoms with Gasteiger partial charge in [-0.1, -0.05) is 26.8 Å². The van der Waals surface area contributed by atoms with E-state index < -0.39 is 19.9 Å². The van der Waals surface area contributed by atoms with Gasteiger partial charge in [0.1, 0.15) is 0 Å². The van der Waals surface area contributed by atoms with E-state index in [1.807, 2.05) is 13.8 Å². The van der Waals surface area contributed by atoms with Gasteiger partial charge in [-0.05, 0) is 30.2 Å². The zero-order chi connectivity index (χ0) is 17.2. The van der Waals surface area contributed by atoms with Crippen molar-refractivity contribution in [2.45, 2.75) is 30.6 Å². The first-order chi connectivity index (χ1) is 9.96. The zero-order valence-electron chi connectivity index (χ0n) is 13.8. The fourth-order valence-electron chi connectivity index (χ4n) is 1.93. The number of hydrogen-bond acceptors (Lipinski definition) is 5. The molecule has 2 N–H and O–H groups in total. The molecule has 0 atom stereocenters. The van der Waals surface area contributed by atoms with Gasteiger partial charge in [0.05, 0.1) is 15.5 Å². The summed E-state index contributed by atoms with van der Waals surface area (Å²) in [6.45, 7) is 5.86. The second kappa shape index (κ2) is 7.94. The summed E-state index contributed by atoms with van der Waals surface area (Å²) < 4.78 is 50.2. The van der Waals surface area contributed by atoms with Crippen LogP contribution in [0.2, 0.25) is 0 Å². The molecule has 23 heavy (non-hydrogen) atoms. The first kappa shape index (κ1) is 22.3. The van der Waals surface area contributed by atoms with Gasteiger partial charge in [-0.3, -0.25) is 0 Å². The van der Waals surface area contributed by atoms with Crippen LogP contribution in [0.3, 0.4) is 0 Å². The molecule has 1 aromatic rings. The molecule has 0 heterocycles. The highest BCUT2D eigenvalue weighted by atomic mass is 35.5. The largest absolute Gasteiger partial charge is 0.330 e. The molecule has 6 nitrogen and oxygen atoms in total. The van der Waals surface area contributed by atoms with Gasteiger partial charge in [-0.25, -0.2) is 21.1 Å². The van der Waals surface area contributed by atoms with E-state index in [4.69, 9.17) is 5.73 Å². The van der Waals surface area contributed by atoms with E-state index in [9.17, 15) is 16.8 Å². The summed E-state index contributed by atoms with van der Waals surface area (Å²) in [6.07, 6.45) is 0. The molecule has 0 aromatic heterocycles. The average Bonchev–Trinajstić information content (AvgIpc) is 2.47. The van der Waals surface area contributed by atoms with Crippen LogP contribution in [0.25, 0.3) is 0 Å². The quantitative estimate of drug-likeness (QED) is 0.768. The molecular formula is C14H25ClN2O4S2. The highest BCUT2D eigenvalue weighted by molar-refractivity contribution is 7.91. The third-order valence-electron chi connectivity index (χ3n) is 3.46. The maximum absolute atomic E-state index is 12.6. The topological polar surface area (TPSA) is 97.5 Å². The fraction of sp³-hybridized carbons (Fsp3) is 0.571. The minimum atomic E-state index is -3.76. The molecule has 0 saturated heterocycles. The van der Waals surface area contributed by atoms with Gasteiger partial charge in [0.2, 0.25) is 10.0 Å². The van der Waals surface area contributed by atoms with Gasteiger partial charge in [0.15, 0.2) is 9.84 Å². The van der Waals surface area contributed by atoms with Gasteiger partial charge >= 0.3 is 0 Å². The molecule has 0 saturated carbocycles. The third-order valence-corrected chi connectivity index (χ3v) is 6.99. The van der Waals surface area contributed by atoms with Crippen LogP contribution in [0.1, 0.15) is 20.8 Å². The maximum Gasteiger partial charge on any atom is 0.242 e. The molecular weight excluding hydrogens is 360 g/mol. The van der Waals surface area contributed by atoms with E-state index in [2.05, 4.69) is 0 Å². The van der Waals surface area contributed by atoms with Crippen LogP contribution in [0.15, 0.2) is 34.1 Å². The van der Waals surface area contributed by atoms with Crippen molar-refractivity contribution in [3.8, 4) is 0 Å². The lowest BCUT2D eigenvalue weighted by atomic mass is 9.94. The van der Waals surface area contributed by atoms with Gasteiger partial charge in [-0.15, -0.1) is 12.4 Å². The summed E-state index contributed by atoms with van der Waals surface area (Å²) in [5.74, 6) is -0.0768. The van der Waals surface area contributed by atoms with Crippen molar-refractivity contribution in [3.05, 3.63) is 24.3 Å². The molecule has 1 rings (SSSR count). The summed E-state index contributed by atoms with van der Waals surface area (Å²) >= 11 is 0. The first-order valence-corrected chi connectivity index (χ1v) is 10.0. The van der Waals surface area contributed by atoms with E-state index in [-0.39, 0.29) is 39.9 Å². The summed E-state index contributed by atoms with van der Waals surface area (Å²) in [7, 11) is -5.74. The molecule has 0 spiro atoms. The van der Waals surface area contributed by atoms with E-state index in [1.54, 1.807) is 0 Å². The van der Waals surface area contributed by atoms with Crippen LogP contribution in [0.4, 0.5) is 0 Å². The minimum absolute atomic E-state index is 0. The monoisotopic (exact) mass is 384 g/mol. The standard InChI is InChI=1S/C14H24N2O4S2.ClH/c1-5-21(17,18)12-7-6-8-13(9-12)22(19,20)16(4)11-14(2,3)10-15;/h6-9H,5,10-11,15H2,1-4H3;1H. The van der Waals surface area contributed by atoms with Gasteiger partial charge in [0.25, 0.3) is 0 Å². The van der Waals surface area contributed by atoms with Crippen LogP contribution in [0.5, 0.6) is 0 Å². The molecule has 0 bridgehead atoms. The Kier molecular flexibility index (Phi) is 7.70. The summed E-state index contributed by atoms with van der Waals surface area (Å²) in [6, 6.07) is 5.45. The van der Waals surface area contributed by atoms with Crippen LogP contribution in [0, 0.1) is 5.41 Å². The zero-order valence-corrected chi connectivity index (χ0v) is 16.3. The second-order valence-corrected chi connectivity index (χ2v) is 10.3. The lowest BCUT2D eigenvalue weighted by Crippen LogP contribution is -2.39. The Morgan fingerprint density at radius 1 is 1.13 bits per heavy atom. The van der Waals surface area contributed by atoms with Crippen LogP contribution in [-0.2, 0) is 19.9 Å². The highest BCUT2D eigenvalue weighted by Crippen LogP contribution is 2.23. The van der Waals surface area contributed by atoms with Crippen LogP contribution in [-0.4, -0.2) is 47.0 Å². The van der Waals surface area contributed by atoms with E-state index in [0.29, 0.717) is 6.54 Å². The Bertz CT molecular complexity index is 731. The average molecular weight is 385 g/mol. The first-order valence-electron chi connectivity index (χ1n) is 6.95. The van der Waals surface area contributed by atoms with Crippen molar-refractivity contribution in [3.63, 3.8) is 0 Å². The van der Waals surface area contributed by atoms with Crippen molar-refractivity contribution in [2.75, 3.05) is 25.9 Å². The number of sulfonamides is 1. The molecule has 9 heteroatoms. The molecule has 0 unspecified atom stereocenters. The minimum Gasteiger partial charge on any atom is -0.330 e. The predicted molar refractivity (Wildman–Crippen MR) is 94.1 cm³/mol. The molecule has 0 radical (unpaired) electrons. The Balaban J connectivity index is 0.00000484. The van der Waals surface area contributed by atoms with Crippen molar-refractivity contribution < 1.29 is 16.8 Å². The maximum atomic E-state index is 12.6. The van der Waals surface area contributed by atoms with E-state index in [1.165, 1.54) is 42.5 Å². The van der Waals surface area contributed by atoms with Crippen LogP contribution >= 0.6 is 12.4 Å². The SMILES string of the molecule is CCS(=O)(=O)c1cccc(S(=O)(=O)N(C)CC(C)(C)CN)c1.Cl. The third kappa shape index (κ3) is 5.42. The number of rotatable bonds is 7. The number of sulfone groups is 1. The van der Waals surface area contributed by atoms with Crippen molar-refractivity contribution in [1.82, 2.24) is 4.31 Å². The van der Waals surface area contributed by atoms with Crippen molar-refractivity contribution in [1.29, 1.82) is 0 Å². The molecule has 0 fully saturated rings. The molecule has 0 amide bonds. The molecule has 0 aliphatic rings. The lowest BCUT2D eigenvalue weighted by Gasteiger charge is -2.28. The van der Waals surface area contributed by atoms with Crippen LogP contribution < -0.4 is 5.73 Å². The fourth-order valence-corrected chi connectivity index (χ4v) is 4.33. The number of halogens is 1. The summed E-state index contributed by atoms with van der Waals surface area (Å²) in [5, 5.41) is 0. The molecule has 1 aromatic carbocycles. The molecule has 0 aliphatic carbocycles. The normalized spacial score (nSPS) is 13.0. The number of hydrogen-bond donors (Lipinski definition) is 1. The molecule has 0 aliphatic heterocycles. The van der Waals surface area contributed by atoms with Crippen molar-refractivity contribution in [2.24, 2.45) is 11.1 Å². The van der Waals surface area contributed by atoms with Gasteiger partial charge < -0.3 is 5.73 Å². The highest BCUT2D eigenvalue weighted by Gasteiger charge is 2.28. The number of nitrogens with two attached hydrogens (primary N) is 1. The Morgan fingerprint density at radius 2 is 1.65 bits per heavy atom. The smallest absolute Gasteiger partial charge is 0.242 e. The number of nitrogens with zero attached hydrogens (tertiary/aromatic N) is 1. The summed E-state index contributed by atoms with van der Waals surface area (Å²) in [5.41, 5.74) is 5.27. The molecule has 134 valence electrons. The van der Waals surface area contributed by atoms with Crippen molar-refractivity contribution >= 4 is 32.3 Å². The van der Waals surface area contributed by atoms with E-state index in [0.717, 1.165) is 0 Å². The second-order valence-electron chi connectivity index (χ2n) is 6.01. The lowest BCUT2D eigenvalue weighted by molar-refractivity contribution is 0.292. The Morgan fingerprint density at radius 3 is 2.13 bits per heavy atom. The summed E-state index contributed by atoms with van der Waals surface area (Å²) in [4.78, 5) is -0.0140. The van der Waals surface area contributed by atoms with E-state index >= 15 is 0 Å². The van der Waals surface area contributed by atoms with Gasteiger partial charge in [-0.2, -0.15) is 0 Å². The Hall–Kier alpha value is -0.670. The Labute approximate surface area is 145 Å². The van der Waals surface area contributed by atoms with Gasteiger partial charge in [0, 0.05) is 13.6 Å². The predicted octanol–water partition coefficient (Wildman–Crippen LogP) is 1.51. The number of benzene rings is 1.